The number of amides is 3. The summed E-state index contributed by atoms with van der Waals surface area (Å²) in [4.78, 5) is 43.4. The van der Waals surface area contributed by atoms with Crippen LogP contribution in [0.25, 0.3) is 0 Å². The van der Waals surface area contributed by atoms with E-state index < -0.39 is 12.1 Å². The predicted molar refractivity (Wildman–Crippen MR) is 173 cm³/mol. The van der Waals surface area contributed by atoms with Gasteiger partial charge in [0.05, 0.1) is 40.0 Å². The van der Waals surface area contributed by atoms with Gasteiger partial charge in [-0.3, -0.25) is 14.4 Å². The molecule has 3 amide bonds. The summed E-state index contributed by atoms with van der Waals surface area (Å²) in [7, 11) is 3.08. The lowest BCUT2D eigenvalue weighted by molar-refractivity contribution is -0.124. The number of ether oxygens (including phenoxy) is 5. The third-order valence-corrected chi connectivity index (χ3v) is 8.64. The lowest BCUT2D eigenvalue weighted by atomic mass is 10.1. The molecule has 2 N–H and O–H groups in total. The molecular weight excluding hydrogens is 604 g/mol. The van der Waals surface area contributed by atoms with E-state index in [4.69, 9.17) is 23.7 Å². The van der Waals surface area contributed by atoms with Crippen LogP contribution in [0.15, 0.2) is 60.7 Å². The van der Waals surface area contributed by atoms with Crippen molar-refractivity contribution in [3.8, 4) is 23.0 Å². The van der Waals surface area contributed by atoms with Crippen LogP contribution in [-0.4, -0.2) is 95.0 Å². The number of benzene rings is 3. The molecule has 2 atom stereocenters. The average molecular weight is 645 g/mol. The number of carbonyl (C=O) groups excluding carboxylic acids is 3. The van der Waals surface area contributed by atoms with Gasteiger partial charge in [-0.1, -0.05) is 6.07 Å². The Balaban J connectivity index is 1.23. The molecule has 6 aliphatic rings. The summed E-state index contributed by atoms with van der Waals surface area (Å²) >= 11 is 0. The van der Waals surface area contributed by atoms with Crippen LogP contribution in [0.2, 0.25) is 0 Å². The molecule has 248 valence electrons. The van der Waals surface area contributed by atoms with Crippen molar-refractivity contribution in [3.05, 3.63) is 77.4 Å². The van der Waals surface area contributed by atoms with Crippen LogP contribution in [0, 0.1) is 0 Å². The number of likely N-dealkylation sites (tertiary alicyclic amines) is 1. The van der Waals surface area contributed by atoms with E-state index in [9.17, 15) is 14.4 Å². The fourth-order valence-electron chi connectivity index (χ4n) is 6.05. The SMILES string of the molecule is COc1cc2ccc1CNC(=O)CCc1ccc(c(OC)c1)OCC(=O)N[C@@H]1CN(C(=O)c3ccc(N4CCOCC4)cc3)C[C@H]1O2. The third-order valence-electron chi connectivity index (χ3n) is 8.64. The van der Waals surface area contributed by atoms with Crippen molar-refractivity contribution in [1.82, 2.24) is 15.5 Å². The van der Waals surface area contributed by atoms with Crippen LogP contribution in [0.5, 0.6) is 23.0 Å². The number of nitrogens with zero attached hydrogens (tertiary/aromatic N) is 2. The number of rotatable bonds is 4. The number of morpholine rings is 1. The van der Waals surface area contributed by atoms with Gasteiger partial charge in [0.1, 0.15) is 17.6 Å². The number of hydrogen-bond donors (Lipinski definition) is 2. The first-order chi connectivity index (χ1) is 22.9. The fourth-order valence-corrected chi connectivity index (χ4v) is 6.05. The molecule has 0 spiro atoms. The van der Waals surface area contributed by atoms with E-state index in [1.54, 1.807) is 36.3 Å². The highest BCUT2D eigenvalue weighted by molar-refractivity contribution is 5.95. The molecule has 3 aromatic rings. The molecular formula is C35H40N4O8. The Morgan fingerprint density at radius 2 is 1.66 bits per heavy atom. The second-order valence-corrected chi connectivity index (χ2v) is 11.7. The number of aryl methyl sites for hydroxylation is 1. The van der Waals surface area contributed by atoms with Gasteiger partial charge < -0.3 is 44.1 Å². The van der Waals surface area contributed by atoms with Crippen molar-refractivity contribution in [2.45, 2.75) is 31.5 Å². The summed E-state index contributed by atoms with van der Waals surface area (Å²) in [6.07, 6.45) is 0.236. The van der Waals surface area contributed by atoms with Gasteiger partial charge in [0.15, 0.2) is 18.1 Å². The third kappa shape index (κ3) is 7.71. The van der Waals surface area contributed by atoms with Crippen LogP contribution in [0.3, 0.4) is 0 Å². The predicted octanol–water partition coefficient (Wildman–Crippen LogP) is 2.57. The molecule has 47 heavy (non-hydrogen) atoms. The summed E-state index contributed by atoms with van der Waals surface area (Å²) in [5.74, 6) is 1.32. The van der Waals surface area contributed by atoms with Crippen LogP contribution in [0.1, 0.15) is 27.9 Å². The molecule has 12 heteroatoms. The maximum atomic E-state index is 13.7. The van der Waals surface area contributed by atoms with E-state index in [1.165, 1.54) is 7.11 Å². The van der Waals surface area contributed by atoms with Gasteiger partial charge in [-0.05, 0) is 60.5 Å². The summed E-state index contributed by atoms with van der Waals surface area (Å²) in [6, 6.07) is 17.8. The minimum atomic E-state index is -0.551. The van der Waals surface area contributed by atoms with Gasteiger partial charge in [0.25, 0.3) is 11.8 Å². The van der Waals surface area contributed by atoms with Crippen molar-refractivity contribution in [3.63, 3.8) is 0 Å². The summed E-state index contributed by atoms with van der Waals surface area (Å²) in [5.41, 5.74) is 3.29. The van der Waals surface area contributed by atoms with Crippen molar-refractivity contribution in [1.29, 1.82) is 0 Å². The average Bonchev–Trinajstić information content (AvgIpc) is 3.50. The molecule has 0 unspecified atom stereocenters. The topological polar surface area (TPSA) is 128 Å². The first-order valence-electron chi connectivity index (χ1n) is 15.8. The normalized spacial score (nSPS) is 20.4. The van der Waals surface area contributed by atoms with E-state index in [0.717, 1.165) is 29.9 Å². The molecule has 4 bridgehead atoms. The minimum Gasteiger partial charge on any atom is -0.496 e. The standard InChI is InChI=1S/C35H40N4O8/c1-43-30-18-27-10-7-25(30)19-36-33(40)12-4-23-3-11-29(31(17-23)44-2)46-22-34(41)37-28-20-39(21-32(28)47-27)35(42)24-5-8-26(9-6-24)38-13-15-45-16-14-38/h3,5-11,17-18,28,32H,4,12-16,19-22H2,1-2H3,(H,36,40)(H,37,41)/t28-,32-/m1/s1. The van der Waals surface area contributed by atoms with E-state index in [0.29, 0.717) is 48.2 Å². The van der Waals surface area contributed by atoms with Gasteiger partial charge in [-0.2, -0.15) is 0 Å². The lowest BCUT2D eigenvalue weighted by Gasteiger charge is -2.29. The Kier molecular flexibility index (Phi) is 9.96. The Morgan fingerprint density at radius 3 is 2.43 bits per heavy atom. The zero-order valence-corrected chi connectivity index (χ0v) is 26.7. The summed E-state index contributed by atoms with van der Waals surface area (Å²) < 4.78 is 28.8. The van der Waals surface area contributed by atoms with Crippen molar-refractivity contribution < 1.29 is 38.1 Å². The smallest absolute Gasteiger partial charge is 0.258 e. The van der Waals surface area contributed by atoms with Gasteiger partial charge >= 0.3 is 0 Å². The molecule has 9 rings (SSSR count). The highest BCUT2D eigenvalue weighted by atomic mass is 16.5. The summed E-state index contributed by atoms with van der Waals surface area (Å²) in [6.45, 7) is 3.50. The minimum absolute atomic E-state index is 0.105. The highest BCUT2D eigenvalue weighted by Crippen LogP contribution is 2.30. The Hall–Kier alpha value is -4.97. The van der Waals surface area contributed by atoms with Crippen LogP contribution in [0.4, 0.5) is 5.69 Å². The van der Waals surface area contributed by atoms with E-state index in [2.05, 4.69) is 15.5 Å². The highest BCUT2D eigenvalue weighted by Gasteiger charge is 2.38. The first-order valence-corrected chi connectivity index (χ1v) is 15.8. The second-order valence-electron chi connectivity index (χ2n) is 11.7. The molecule has 3 aromatic carbocycles. The van der Waals surface area contributed by atoms with Gasteiger partial charge in [0, 0.05) is 55.5 Å². The largest absolute Gasteiger partial charge is 0.496 e. The van der Waals surface area contributed by atoms with E-state index in [-0.39, 0.29) is 50.4 Å². The first kappa shape index (κ1) is 32.0. The summed E-state index contributed by atoms with van der Waals surface area (Å²) in [5, 5.41) is 5.98. The van der Waals surface area contributed by atoms with Crippen molar-refractivity contribution >= 4 is 23.4 Å². The molecule has 2 fully saturated rings. The van der Waals surface area contributed by atoms with Crippen molar-refractivity contribution in [2.24, 2.45) is 0 Å². The van der Waals surface area contributed by atoms with Crippen LogP contribution < -0.4 is 34.5 Å². The van der Waals surface area contributed by atoms with Crippen LogP contribution in [-0.2, 0) is 27.3 Å². The fraction of sp³-hybridized carbons (Fsp3) is 0.400. The molecule has 6 heterocycles. The second kappa shape index (κ2) is 14.6. The Labute approximate surface area is 273 Å². The Morgan fingerprint density at radius 1 is 0.872 bits per heavy atom. The lowest BCUT2D eigenvalue weighted by Crippen LogP contribution is -2.46. The number of methoxy groups -OCH3 is 2. The molecule has 0 aliphatic carbocycles. The molecule has 0 radical (unpaired) electrons. The number of hydrogen-bond acceptors (Lipinski definition) is 9. The molecule has 0 saturated carbocycles. The molecule has 12 nitrogen and oxygen atoms in total. The van der Waals surface area contributed by atoms with Crippen LogP contribution >= 0.6 is 0 Å². The van der Waals surface area contributed by atoms with Gasteiger partial charge in [-0.25, -0.2) is 0 Å². The van der Waals surface area contributed by atoms with Gasteiger partial charge in [0.2, 0.25) is 5.91 Å². The quantitative estimate of drug-likeness (QED) is 0.441. The van der Waals surface area contributed by atoms with E-state index >= 15 is 0 Å². The van der Waals surface area contributed by atoms with Gasteiger partial charge in [-0.15, -0.1) is 0 Å². The van der Waals surface area contributed by atoms with Crippen molar-refractivity contribution in [2.75, 3.05) is 65.1 Å². The molecule has 2 saturated heterocycles. The maximum absolute atomic E-state index is 13.7. The molecule has 0 aromatic heterocycles. The number of anilines is 1. The number of carbonyl (C=O) groups is 3. The number of nitrogens with one attached hydrogen (secondary N) is 2. The monoisotopic (exact) mass is 644 g/mol. The maximum Gasteiger partial charge on any atom is 0.258 e. The van der Waals surface area contributed by atoms with E-state index in [1.807, 2.05) is 36.4 Å². The zero-order valence-electron chi connectivity index (χ0n) is 26.7. The Bertz CT molecular complexity index is 1590. The molecule has 6 aliphatic heterocycles. The zero-order chi connectivity index (χ0) is 32.8.